The Morgan fingerprint density at radius 3 is 2.48 bits per heavy atom. The number of carbonyl (C=O) groups excluding carboxylic acids is 1. The molecule has 5 rings (SSSR count). The van der Waals surface area contributed by atoms with Gasteiger partial charge in [-0.15, -0.1) is 0 Å². The average molecular weight is 586 g/mol. The van der Waals surface area contributed by atoms with E-state index in [-0.39, 0.29) is 10.8 Å². The fraction of sp³-hybridized carbons (Fsp3) is 0.343. The predicted octanol–water partition coefficient (Wildman–Crippen LogP) is 7.64. The van der Waals surface area contributed by atoms with Crippen LogP contribution in [0, 0.1) is 5.92 Å². The van der Waals surface area contributed by atoms with Gasteiger partial charge in [0.2, 0.25) is 5.69 Å². The molecule has 0 saturated heterocycles. The zero-order valence-electron chi connectivity index (χ0n) is 25.3. The van der Waals surface area contributed by atoms with E-state index in [1.54, 1.807) is 12.1 Å². The van der Waals surface area contributed by atoms with Crippen LogP contribution in [0.4, 0.5) is 11.4 Å². The molecule has 1 atom stereocenters. The summed E-state index contributed by atoms with van der Waals surface area (Å²) in [6.07, 6.45) is 10.3. The van der Waals surface area contributed by atoms with Gasteiger partial charge >= 0.3 is 5.97 Å². The molecule has 0 spiro atoms. The number of carboxylic acids is 1. The molecule has 218 valence electrons. The summed E-state index contributed by atoms with van der Waals surface area (Å²) in [5, 5.41) is 10.3. The molecule has 2 aliphatic heterocycles. The van der Waals surface area contributed by atoms with Crippen molar-refractivity contribution in [3.05, 3.63) is 99.3 Å². The second-order valence-corrected chi connectivity index (χ2v) is 13.0. The van der Waals surface area contributed by atoms with E-state index in [0.29, 0.717) is 23.7 Å². The van der Waals surface area contributed by atoms with Crippen LogP contribution in [-0.2, 0) is 15.6 Å². The molecule has 0 bridgehead atoms. The number of hydrogen-bond donors (Lipinski definition) is 1. The number of fused-ring (bicyclic) bond motifs is 2. The summed E-state index contributed by atoms with van der Waals surface area (Å²) in [5.74, 6) is 0.0455. The van der Waals surface area contributed by atoms with Gasteiger partial charge in [0.1, 0.15) is 12.8 Å². The quantitative estimate of drug-likeness (QED) is 0.279. The van der Waals surface area contributed by atoms with Crippen LogP contribution >= 0.6 is 11.6 Å². The maximum absolute atomic E-state index is 11.6. The van der Waals surface area contributed by atoms with Crippen molar-refractivity contribution in [1.29, 1.82) is 0 Å². The van der Waals surface area contributed by atoms with Gasteiger partial charge in [0.15, 0.2) is 5.71 Å². The number of halogens is 1. The lowest BCUT2D eigenvalue weighted by molar-refractivity contribution is -0.401. The molecule has 0 aromatic heterocycles. The molecular formula is C35H38ClN2O4+. The van der Waals surface area contributed by atoms with Crippen molar-refractivity contribution in [2.24, 2.45) is 5.92 Å². The summed E-state index contributed by atoms with van der Waals surface area (Å²) in [7, 11) is 4.08. The van der Waals surface area contributed by atoms with Gasteiger partial charge in [0, 0.05) is 46.6 Å². The van der Waals surface area contributed by atoms with Crippen LogP contribution < -0.4 is 9.64 Å². The fourth-order valence-corrected chi connectivity index (χ4v) is 7.04. The van der Waals surface area contributed by atoms with Gasteiger partial charge in [-0.1, -0.05) is 44.5 Å². The molecule has 0 saturated carbocycles. The van der Waals surface area contributed by atoms with Crippen molar-refractivity contribution in [3.63, 3.8) is 0 Å². The Hall–Kier alpha value is -3.90. The zero-order valence-corrected chi connectivity index (χ0v) is 26.0. The van der Waals surface area contributed by atoms with Crippen molar-refractivity contribution in [2.45, 2.75) is 58.3 Å². The molecule has 1 aliphatic carbocycles. The summed E-state index contributed by atoms with van der Waals surface area (Å²) in [6, 6.07) is 11.1. The highest BCUT2D eigenvalue weighted by Crippen LogP contribution is 2.48. The number of anilines is 1. The fourth-order valence-electron chi connectivity index (χ4n) is 6.76. The topological polar surface area (TPSA) is 69.9 Å². The first-order valence-corrected chi connectivity index (χ1v) is 14.6. The highest BCUT2D eigenvalue weighted by atomic mass is 35.5. The molecule has 2 aromatic carbocycles. The van der Waals surface area contributed by atoms with Crippen LogP contribution in [0.3, 0.4) is 0 Å². The summed E-state index contributed by atoms with van der Waals surface area (Å²) < 4.78 is 7.30. The summed E-state index contributed by atoms with van der Waals surface area (Å²) in [4.78, 5) is 24.6. The van der Waals surface area contributed by atoms with E-state index in [2.05, 4.69) is 75.4 Å². The lowest BCUT2D eigenvalue weighted by Gasteiger charge is -2.25. The predicted molar refractivity (Wildman–Crippen MR) is 168 cm³/mol. The third-order valence-corrected chi connectivity index (χ3v) is 9.54. The standard InChI is InChI=1S/C35H37ClN2O4/c1-21-16-22(9-14-30-34(2,3)26-18-24(33(40)41)8-12-28(26)37(30)6)32(36)23(17-21)10-15-31-35(4,5)27-19-25(42-20-39)11-13-29(27)38(31)7/h8-15,18-21H,16-17H2,1-7H3/p+1. The smallest absolute Gasteiger partial charge is 0.335 e. The Morgan fingerprint density at radius 2 is 1.79 bits per heavy atom. The summed E-state index contributed by atoms with van der Waals surface area (Å²) >= 11 is 7.07. The van der Waals surface area contributed by atoms with Crippen molar-refractivity contribution in [2.75, 3.05) is 19.0 Å². The van der Waals surface area contributed by atoms with Gasteiger partial charge in [-0.3, -0.25) is 4.79 Å². The maximum Gasteiger partial charge on any atom is 0.335 e. The molecule has 2 heterocycles. The zero-order chi connectivity index (χ0) is 30.6. The number of hydrogen-bond acceptors (Lipinski definition) is 4. The highest BCUT2D eigenvalue weighted by molar-refractivity contribution is 6.32. The Bertz CT molecular complexity index is 1650. The molecule has 1 N–H and O–H groups in total. The number of ether oxygens (including phenoxy) is 1. The monoisotopic (exact) mass is 585 g/mol. The molecule has 1 unspecified atom stereocenters. The van der Waals surface area contributed by atoms with Gasteiger partial charge in [-0.2, -0.15) is 4.58 Å². The van der Waals surface area contributed by atoms with E-state index in [1.807, 2.05) is 31.3 Å². The molecule has 42 heavy (non-hydrogen) atoms. The first-order valence-electron chi connectivity index (χ1n) is 14.2. The van der Waals surface area contributed by atoms with Crippen LogP contribution in [0.25, 0.3) is 0 Å². The second-order valence-electron chi connectivity index (χ2n) is 12.6. The minimum absolute atomic E-state index is 0.284. The van der Waals surface area contributed by atoms with Crippen LogP contribution in [0.15, 0.2) is 82.6 Å². The lowest BCUT2D eigenvalue weighted by atomic mass is 9.80. The highest BCUT2D eigenvalue weighted by Gasteiger charge is 2.43. The first-order chi connectivity index (χ1) is 19.8. The number of benzene rings is 2. The number of carbonyl (C=O) groups is 2. The molecule has 0 fully saturated rings. The van der Waals surface area contributed by atoms with Crippen LogP contribution in [0.2, 0.25) is 0 Å². The van der Waals surface area contributed by atoms with E-state index in [9.17, 15) is 14.7 Å². The molecule has 2 aromatic rings. The van der Waals surface area contributed by atoms with E-state index >= 15 is 0 Å². The molecule has 3 aliphatic rings. The van der Waals surface area contributed by atoms with Gasteiger partial charge < -0.3 is 14.7 Å². The van der Waals surface area contributed by atoms with Crippen molar-refractivity contribution < 1.29 is 24.0 Å². The molecule has 0 amide bonds. The molecular weight excluding hydrogens is 548 g/mol. The van der Waals surface area contributed by atoms with Gasteiger partial charge in [0.05, 0.1) is 11.0 Å². The van der Waals surface area contributed by atoms with Crippen LogP contribution in [0.5, 0.6) is 5.75 Å². The molecule has 6 nitrogen and oxygen atoms in total. The van der Waals surface area contributed by atoms with Crippen molar-refractivity contribution in [3.8, 4) is 5.75 Å². The van der Waals surface area contributed by atoms with Gasteiger partial charge in [-0.05, 0) is 85.7 Å². The van der Waals surface area contributed by atoms with Gasteiger partial charge in [0.25, 0.3) is 6.47 Å². The van der Waals surface area contributed by atoms with E-state index < -0.39 is 5.97 Å². The van der Waals surface area contributed by atoms with Crippen molar-refractivity contribution in [1.82, 2.24) is 0 Å². The Balaban J connectivity index is 1.47. The summed E-state index contributed by atoms with van der Waals surface area (Å²) in [6.45, 7) is 11.3. The lowest BCUT2D eigenvalue weighted by Crippen LogP contribution is -2.26. The molecule has 7 heteroatoms. The minimum atomic E-state index is -0.921. The second kappa shape index (κ2) is 10.7. The largest absolute Gasteiger partial charge is 0.478 e. The number of allylic oxidation sites excluding steroid dienone is 8. The number of carboxylic acid groups (broad SMARTS) is 1. The first kappa shape index (κ1) is 29.6. The minimum Gasteiger partial charge on any atom is -0.478 e. The maximum atomic E-state index is 11.6. The molecule has 0 radical (unpaired) electrons. The summed E-state index contributed by atoms with van der Waals surface area (Å²) in [5.41, 5.74) is 8.29. The SMILES string of the molecule is CC1CC(C=CC2=[N+](C)c3ccc(OC=O)cc3C2(C)C)=C(Cl)/C(=C/C=C2N(C)c3ccc(C(=O)O)cc3C2(C)C)C1. The number of nitrogens with zero attached hydrogens (tertiary/aromatic N) is 2. The number of rotatable bonds is 6. The van der Waals surface area contributed by atoms with E-state index in [0.717, 1.165) is 62.9 Å². The van der Waals surface area contributed by atoms with Crippen LogP contribution in [0.1, 0.15) is 68.9 Å². The Labute approximate surface area is 253 Å². The number of likely N-dealkylation sites (N-methyl/N-ethyl adjacent to an activating group) is 1. The number of aromatic carboxylic acids is 1. The average Bonchev–Trinajstić information content (AvgIpc) is 3.24. The normalized spacial score (nSPS) is 22.8. The van der Waals surface area contributed by atoms with Crippen molar-refractivity contribution >= 4 is 41.1 Å². The van der Waals surface area contributed by atoms with Gasteiger partial charge in [-0.25, -0.2) is 4.79 Å². The Kier molecular flexibility index (Phi) is 7.56. The Morgan fingerprint density at radius 1 is 1.05 bits per heavy atom. The van der Waals surface area contributed by atoms with E-state index in [4.69, 9.17) is 16.3 Å². The van der Waals surface area contributed by atoms with E-state index in [1.165, 1.54) is 0 Å². The third kappa shape index (κ3) is 4.92. The van der Waals surface area contributed by atoms with Crippen LogP contribution in [-0.4, -0.2) is 41.9 Å². The third-order valence-electron chi connectivity index (χ3n) is 9.05.